The van der Waals surface area contributed by atoms with E-state index in [0.29, 0.717) is 27.7 Å². The fraction of sp³-hybridized carbons (Fsp3) is 0.364. The lowest BCUT2D eigenvalue weighted by molar-refractivity contribution is -0.137. The molecule has 3 N–H and O–H groups in total. The van der Waals surface area contributed by atoms with E-state index >= 15 is 0 Å². The summed E-state index contributed by atoms with van der Waals surface area (Å²) < 4.78 is 0.487. The maximum Gasteiger partial charge on any atom is 0.303 e. The van der Waals surface area contributed by atoms with E-state index in [4.69, 9.17) is 16.7 Å². The third kappa shape index (κ3) is 6.54. The lowest BCUT2D eigenvalue weighted by Gasteiger charge is -2.27. The SMILES string of the molecule is O=C(O)CCC(CNC(=O)c1ccc(Cl)s1)NC(=O)c1ccc(N2CCCCC2=O)cc1. The third-order valence-electron chi connectivity index (χ3n) is 5.11. The highest BCUT2D eigenvalue weighted by molar-refractivity contribution is 7.18. The summed E-state index contributed by atoms with van der Waals surface area (Å²) in [4.78, 5) is 50.2. The molecule has 1 aliphatic rings. The van der Waals surface area contributed by atoms with Gasteiger partial charge in [0.2, 0.25) is 5.91 Å². The number of carbonyl (C=O) groups is 4. The van der Waals surface area contributed by atoms with E-state index in [0.717, 1.165) is 29.9 Å². The first kappa shape index (κ1) is 23.7. The Hall–Kier alpha value is -2.91. The number of aliphatic carboxylic acids is 1. The molecule has 0 bridgehead atoms. The number of hydrogen-bond acceptors (Lipinski definition) is 5. The van der Waals surface area contributed by atoms with Crippen LogP contribution in [0.5, 0.6) is 0 Å². The number of piperidine rings is 1. The number of carboxylic acids is 1. The molecular weight excluding hydrogens is 454 g/mol. The minimum Gasteiger partial charge on any atom is -0.481 e. The number of carbonyl (C=O) groups excluding carboxylic acids is 3. The van der Waals surface area contributed by atoms with Crippen molar-refractivity contribution >= 4 is 52.3 Å². The molecule has 2 aromatic rings. The molecule has 0 saturated carbocycles. The van der Waals surface area contributed by atoms with E-state index in [2.05, 4.69) is 10.6 Å². The third-order valence-corrected chi connectivity index (χ3v) is 6.34. The molecule has 1 aliphatic heterocycles. The summed E-state index contributed by atoms with van der Waals surface area (Å²) in [5.41, 5.74) is 1.13. The van der Waals surface area contributed by atoms with Crippen molar-refractivity contribution in [3.05, 3.63) is 51.2 Å². The van der Waals surface area contributed by atoms with Crippen LogP contribution in [0.2, 0.25) is 4.34 Å². The number of amides is 3. The molecule has 1 fully saturated rings. The Bertz CT molecular complexity index is 992. The van der Waals surface area contributed by atoms with Gasteiger partial charge in [-0.3, -0.25) is 19.2 Å². The molecule has 0 aliphatic carbocycles. The van der Waals surface area contributed by atoms with Crippen LogP contribution in [0.25, 0.3) is 0 Å². The molecule has 8 nitrogen and oxygen atoms in total. The van der Waals surface area contributed by atoms with Crippen LogP contribution in [0, 0.1) is 0 Å². The van der Waals surface area contributed by atoms with Crippen molar-refractivity contribution < 1.29 is 24.3 Å². The molecular formula is C22H24ClN3O5S. The monoisotopic (exact) mass is 477 g/mol. The van der Waals surface area contributed by atoms with Gasteiger partial charge in [0.25, 0.3) is 11.8 Å². The van der Waals surface area contributed by atoms with Gasteiger partial charge in [0.1, 0.15) is 0 Å². The standard InChI is InChI=1S/C22H24ClN3O5S/c23-18-10-9-17(32-18)22(31)24-13-15(6-11-20(28)29)25-21(30)14-4-7-16(8-5-14)26-12-2-1-3-19(26)27/h4-5,7-10,15H,1-3,6,11-13H2,(H,24,31)(H,25,30)(H,28,29). The summed E-state index contributed by atoms with van der Waals surface area (Å²) in [5, 5.41) is 14.5. The van der Waals surface area contributed by atoms with Crippen molar-refractivity contribution in [1.29, 1.82) is 0 Å². The minimum atomic E-state index is -0.990. The molecule has 1 unspecified atom stereocenters. The van der Waals surface area contributed by atoms with Crippen LogP contribution in [-0.4, -0.2) is 47.9 Å². The first-order valence-electron chi connectivity index (χ1n) is 10.3. The number of thiophene rings is 1. The Labute approximate surface area is 194 Å². The van der Waals surface area contributed by atoms with Gasteiger partial charge in [0, 0.05) is 43.2 Å². The maximum atomic E-state index is 12.7. The predicted molar refractivity (Wildman–Crippen MR) is 122 cm³/mol. The number of carboxylic acid groups (broad SMARTS) is 1. The second-order valence-electron chi connectivity index (χ2n) is 7.47. The Morgan fingerprint density at radius 2 is 1.84 bits per heavy atom. The number of nitrogens with one attached hydrogen (secondary N) is 2. The van der Waals surface area contributed by atoms with Crippen LogP contribution in [0.15, 0.2) is 36.4 Å². The van der Waals surface area contributed by atoms with Crippen molar-refractivity contribution in [2.75, 3.05) is 18.0 Å². The summed E-state index contributed by atoms with van der Waals surface area (Å²) in [6, 6.07) is 9.37. The summed E-state index contributed by atoms with van der Waals surface area (Å²) in [5.74, 6) is -1.64. The number of rotatable bonds is 9. The molecule has 3 amide bonds. The van der Waals surface area contributed by atoms with Crippen molar-refractivity contribution in [3.63, 3.8) is 0 Å². The van der Waals surface area contributed by atoms with E-state index in [-0.39, 0.29) is 37.1 Å². The zero-order valence-corrected chi connectivity index (χ0v) is 18.9. The number of hydrogen-bond donors (Lipinski definition) is 3. The summed E-state index contributed by atoms with van der Waals surface area (Å²) in [7, 11) is 0. The summed E-state index contributed by atoms with van der Waals surface area (Å²) >= 11 is 6.99. The highest BCUT2D eigenvalue weighted by Gasteiger charge is 2.21. The first-order chi connectivity index (χ1) is 15.3. The van der Waals surface area contributed by atoms with Crippen molar-refractivity contribution in [2.45, 2.75) is 38.1 Å². The molecule has 1 saturated heterocycles. The number of anilines is 1. The van der Waals surface area contributed by atoms with E-state index in [1.807, 2.05) is 0 Å². The maximum absolute atomic E-state index is 12.7. The zero-order valence-electron chi connectivity index (χ0n) is 17.3. The van der Waals surface area contributed by atoms with E-state index < -0.39 is 12.0 Å². The van der Waals surface area contributed by atoms with Gasteiger partial charge >= 0.3 is 5.97 Å². The smallest absolute Gasteiger partial charge is 0.303 e. The molecule has 0 radical (unpaired) electrons. The Morgan fingerprint density at radius 1 is 1.09 bits per heavy atom. The molecule has 32 heavy (non-hydrogen) atoms. The molecule has 1 aromatic heterocycles. The quantitative estimate of drug-likeness (QED) is 0.512. The largest absolute Gasteiger partial charge is 0.481 e. The predicted octanol–water partition coefficient (Wildman–Crippen LogP) is 3.31. The number of benzene rings is 1. The summed E-state index contributed by atoms with van der Waals surface area (Å²) in [6.07, 6.45) is 2.37. The Balaban J connectivity index is 1.61. The van der Waals surface area contributed by atoms with E-state index in [1.54, 1.807) is 41.3 Å². The van der Waals surface area contributed by atoms with Crippen LogP contribution in [0.4, 0.5) is 5.69 Å². The van der Waals surface area contributed by atoms with Crippen molar-refractivity contribution in [3.8, 4) is 0 Å². The van der Waals surface area contributed by atoms with Crippen LogP contribution in [0.3, 0.4) is 0 Å². The number of nitrogens with zero attached hydrogens (tertiary/aromatic N) is 1. The highest BCUT2D eigenvalue weighted by atomic mass is 35.5. The second-order valence-corrected chi connectivity index (χ2v) is 9.18. The van der Waals surface area contributed by atoms with E-state index in [9.17, 15) is 19.2 Å². The molecule has 1 atom stereocenters. The average Bonchev–Trinajstić information content (AvgIpc) is 3.22. The lowest BCUT2D eigenvalue weighted by Crippen LogP contribution is -2.44. The van der Waals surface area contributed by atoms with Crippen molar-refractivity contribution in [1.82, 2.24) is 10.6 Å². The summed E-state index contributed by atoms with van der Waals surface area (Å²) in [6.45, 7) is 0.741. The lowest BCUT2D eigenvalue weighted by atomic mass is 10.1. The van der Waals surface area contributed by atoms with Gasteiger partial charge in [-0.15, -0.1) is 11.3 Å². The normalized spacial score (nSPS) is 14.7. The van der Waals surface area contributed by atoms with Gasteiger partial charge in [-0.2, -0.15) is 0 Å². The molecule has 170 valence electrons. The molecule has 10 heteroatoms. The Morgan fingerprint density at radius 3 is 2.47 bits per heavy atom. The van der Waals surface area contributed by atoms with Gasteiger partial charge in [-0.25, -0.2) is 0 Å². The second kappa shape index (κ2) is 11.1. The van der Waals surface area contributed by atoms with Crippen LogP contribution >= 0.6 is 22.9 Å². The molecule has 3 rings (SSSR count). The topological polar surface area (TPSA) is 116 Å². The fourth-order valence-corrected chi connectivity index (χ4v) is 4.36. The average molecular weight is 478 g/mol. The van der Waals surface area contributed by atoms with Gasteiger partial charge in [-0.05, 0) is 55.7 Å². The van der Waals surface area contributed by atoms with Gasteiger partial charge < -0.3 is 20.6 Å². The fourth-order valence-electron chi connectivity index (χ4n) is 3.40. The molecule has 1 aromatic carbocycles. The first-order valence-corrected chi connectivity index (χ1v) is 11.5. The highest BCUT2D eigenvalue weighted by Crippen LogP contribution is 2.22. The van der Waals surface area contributed by atoms with E-state index in [1.165, 1.54) is 0 Å². The van der Waals surface area contributed by atoms with Gasteiger partial charge in [0.05, 0.1) is 9.21 Å². The molecule has 0 spiro atoms. The number of halogens is 1. The zero-order chi connectivity index (χ0) is 23.1. The molecule has 2 heterocycles. The Kier molecular flexibility index (Phi) is 8.24. The van der Waals surface area contributed by atoms with Gasteiger partial charge in [0.15, 0.2) is 0 Å². The van der Waals surface area contributed by atoms with Crippen LogP contribution in [0.1, 0.15) is 52.1 Å². The van der Waals surface area contributed by atoms with Crippen molar-refractivity contribution in [2.24, 2.45) is 0 Å². The van der Waals surface area contributed by atoms with Gasteiger partial charge in [-0.1, -0.05) is 11.6 Å². The minimum absolute atomic E-state index is 0.0740. The van der Waals surface area contributed by atoms with Crippen LogP contribution < -0.4 is 15.5 Å². The van der Waals surface area contributed by atoms with Crippen LogP contribution in [-0.2, 0) is 9.59 Å².